The molecule has 0 aliphatic heterocycles. The third kappa shape index (κ3) is 7.44. The zero-order valence-electron chi connectivity index (χ0n) is 23.1. The quantitative estimate of drug-likeness (QED) is 0.286. The van der Waals surface area contributed by atoms with Crippen LogP contribution in [0.25, 0.3) is 11.0 Å². The number of hydrogen-bond donors (Lipinski definition) is 3. The number of hydrogen-bond acceptors (Lipinski definition) is 8. The van der Waals surface area contributed by atoms with Gasteiger partial charge in [0.1, 0.15) is 17.0 Å². The molecule has 0 spiro atoms. The second kappa shape index (κ2) is 12.6. The van der Waals surface area contributed by atoms with E-state index in [2.05, 4.69) is 49.7 Å². The van der Waals surface area contributed by atoms with Gasteiger partial charge in [0.15, 0.2) is 5.82 Å². The SMILES string of the molecule is CCCCC(C)(CNC(C)=O)Nc1nc(NCc2ccc(OC)cc2OC)nc2cc(C(C)C)cnc12. The number of benzene rings is 1. The Labute approximate surface area is 219 Å². The number of carbonyl (C=O) groups excluding carboxylic acids is 1. The smallest absolute Gasteiger partial charge is 0.225 e. The number of aromatic nitrogens is 3. The Bertz CT molecular complexity index is 1220. The number of ether oxygens (including phenoxy) is 2. The molecule has 0 fully saturated rings. The van der Waals surface area contributed by atoms with Crippen molar-refractivity contribution in [2.75, 3.05) is 31.4 Å². The van der Waals surface area contributed by atoms with E-state index >= 15 is 0 Å². The summed E-state index contributed by atoms with van der Waals surface area (Å²) in [6.45, 7) is 11.0. The molecule has 3 N–H and O–H groups in total. The Morgan fingerprint density at radius 1 is 1.14 bits per heavy atom. The third-order valence-electron chi connectivity index (χ3n) is 6.38. The summed E-state index contributed by atoms with van der Waals surface area (Å²) in [5, 5.41) is 9.92. The van der Waals surface area contributed by atoms with Crippen molar-refractivity contribution in [2.24, 2.45) is 0 Å². The lowest BCUT2D eigenvalue weighted by molar-refractivity contribution is -0.119. The number of nitrogens with zero attached hydrogens (tertiary/aromatic N) is 3. The number of pyridine rings is 1. The summed E-state index contributed by atoms with van der Waals surface area (Å²) in [5.41, 5.74) is 3.10. The fraction of sp³-hybridized carbons (Fsp3) is 0.500. The number of anilines is 2. The van der Waals surface area contributed by atoms with Crippen LogP contribution in [0.1, 0.15) is 70.9 Å². The average molecular weight is 509 g/mol. The first-order valence-corrected chi connectivity index (χ1v) is 12.8. The zero-order valence-corrected chi connectivity index (χ0v) is 23.1. The number of amides is 1. The van der Waals surface area contributed by atoms with Crippen LogP contribution in [0.3, 0.4) is 0 Å². The first-order chi connectivity index (χ1) is 17.7. The Hall–Kier alpha value is -3.62. The van der Waals surface area contributed by atoms with Crippen LogP contribution in [-0.4, -0.2) is 47.2 Å². The summed E-state index contributed by atoms with van der Waals surface area (Å²) in [4.78, 5) is 26.0. The van der Waals surface area contributed by atoms with Gasteiger partial charge in [0, 0.05) is 37.8 Å². The van der Waals surface area contributed by atoms with Gasteiger partial charge in [-0.05, 0) is 43.0 Å². The zero-order chi connectivity index (χ0) is 27.0. The predicted octanol–water partition coefficient (Wildman–Crippen LogP) is 5.27. The molecule has 0 saturated heterocycles. The van der Waals surface area contributed by atoms with E-state index in [-0.39, 0.29) is 5.91 Å². The summed E-state index contributed by atoms with van der Waals surface area (Å²) < 4.78 is 10.9. The van der Waals surface area contributed by atoms with Gasteiger partial charge >= 0.3 is 0 Å². The minimum Gasteiger partial charge on any atom is -0.497 e. The second-order valence-electron chi connectivity index (χ2n) is 9.92. The van der Waals surface area contributed by atoms with Crippen LogP contribution in [0.2, 0.25) is 0 Å². The molecule has 3 aromatic rings. The molecule has 1 atom stereocenters. The third-order valence-corrected chi connectivity index (χ3v) is 6.38. The highest BCUT2D eigenvalue weighted by atomic mass is 16.5. The fourth-order valence-electron chi connectivity index (χ4n) is 4.06. The Balaban J connectivity index is 1.99. The van der Waals surface area contributed by atoms with Crippen molar-refractivity contribution in [2.45, 2.75) is 71.9 Å². The van der Waals surface area contributed by atoms with Crippen molar-refractivity contribution in [3.05, 3.63) is 41.6 Å². The van der Waals surface area contributed by atoms with Gasteiger partial charge in [-0.15, -0.1) is 0 Å². The van der Waals surface area contributed by atoms with E-state index in [1.165, 1.54) is 6.92 Å². The molecule has 0 saturated carbocycles. The van der Waals surface area contributed by atoms with E-state index < -0.39 is 5.54 Å². The fourth-order valence-corrected chi connectivity index (χ4v) is 4.06. The lowest BCUT2D eigenvalue weighted by atomic mass is 9.94. The lowest BCUT2D eigenvalue weighted by Gasteiger charge is -2.32. The molecule has 9 nitrogen and oxygen atoms in total. The van der Waals surface area contributed by atoms with Gasteiger partial charge in [-0.2, -0.15) is 4.98 Å². The summed E-state index contributed by atoms with van der Waals surface area (Å²) in [6, 6.07) is 7.77. The molecule has 1 aromatic carbocycles. The van der Waals surface area contributed by atoms with Gasteiger partial charge < -0.3 is 25.4 Å². The Morgan fingerprint density at radius 3 is 2.57 bits per heavy atom. The standard InChI is InChI=1S/C28H40N6O3/c1-8-9-12-28(5,17-31-19(4)35)34-26-25-23(13-21(16-29-25)18(2)3)32-27(33-26)30-15-20-10-11-22(36-6)14-24(20)37-7/h10-11,13-14,16,18H,8-9,12,15,17H2,1-7H3,(H,31,35)(H2,30,32,33,34). The molecule has 3 rings (SSSR count). The molecular weight excluding hydrogens is 468 g/mol. The van der Waals surface area contributed by atoms with Gasteiger partial charge in [-0.25, -0.2) is 4.98 Å². The number of carbonyl (C=O) groups is 1. The van der Waals surface area contributed by atoms with Crippen LogP contribution in [0, 0.1) is 0 Å². The summed E-state index contributed by atoms with van der Waals surface area (Å²) >= 11 is 0. The summed E-state index contributed by atoms with van der Waals surface area (Å²) in [5.74, 6) is 2.82. The van der Waals surface area contributed by atoms with E-state index in [0.717, 1.165) is 47.4 Å². The number of methoxy groups -OCH3 is 2. The Kier molecular flexibility index (Phi) is 9.49. The number of nitrogens with one attached hydrogen (secondary N) is 3. The highest BCUT2D eigenvalue weighted by Gasteiger charge is 2.26. The molecule has 0 bridgehead atoms. The van der Waals surface area contributed by atoms with Crippen LogP contribution in [0.5, 0.6) is 11.5 Å². The van der Waals surface area contributed by atoms with Gasteiger partial charge in [0.2, 0.25) is 11.9 Å². The molecule has 2 heterocycles. The molecule has 200 valence electrons. The molecule has 0 radical (unpaired) electrons. The predicted molar refractivity (Wildman–Crippen MR) is 149 cm³/mol. The largest absolute Gasteiger partial charge is 0.497 e. The lowest BCUT2D eigenvalue weighted by Crippen LogP contribution is -2.46. The highest BCUT2D eigenvalue weighted by molar-refractivity contribution is 5.87. The molecule has 37 heavy (non-hydrogen) atoms. The van der Waals surface area contributed by atoms with Gasteiger partial charge in [0.25, 0.3) is 0 Å². The van der Waals surface area contributed by atoms with E-state index in [4.69, 9.17) is 24.4 Å². The van der Waals surface area contributed by atoms with Gasteiger partial charge in [-0.1, -0.05) is 33.6 Å². The van der Waals surface area contributed by atoms with Crippen LogP contribution < -0.4 is 25.4 Å². The molecule has 9 heteroatoms. The first kappa shape index (κ1) is 28.0. The normalized spacial score (nSPS) is 12.8. The van der Waals surface area contributed by atoms with Crippen LogP contribution in [0.4, 0.5) is 11.8 Å². The summed E-state index contributed by atoms with van der Waals surface area (Å²) in [7, 11) is 3.27. The minimum atomic E-state index is -0.405. The maximum atomic E-state index is 11.7. The van der Waals surface area contributed by atoms with Gasteiger partial charge in [0.05, 0.1) is 25.3 Å². The monoisotopic (exact) mass is 508 g/mol. The van der Waals surface area contributed by atoms with E-state index in [1.807, 2.05) is 24.4 Å². The minimum absolute atomic E-state index is 0.0624. The van der Waals surface area contributed by atoms with Crippen LogP contribution >= 0.6 is 0 Å². The topological polar surface area (TPSA) is 110 Å². The van der Waals surface area contributed by atoms with Crippen LogP contribution in [0.15, 0.2) is 30.5 Å². The molecule has 1 unspecified atom stereocenters. The van der Waals surface area contributed by atoms with Crippen molar-refractivity contribution >= 4 is 28.7 Å². The van der Waals surface area contributed by atoms with Crippen molar-refractivity contribution < 1.29 is 14.3 Å². The van der Waals surface area contributed by atoms with E-state index in [1.54, 1.807) is 14.2 Å². The Morgan fingerprint density at radius 2 is 1.92 bits per heavy atom. The molecule has 1 amide bonds. The van der Waals surface area contributed by atoms with Crippen molar-refractivity contribution in [1.82, 2.24) is 20.3 Å². The van der Waals surface area contributed by atoms with Crippen molar-refractivity contribution in [3.8, 4) is 11.5 Å². The molecule has 2 aromatic heterocycles. The number of unbranched alkanes of at least 4 members (excludes halogenated alkanes) is 1. The molecule has 0 aliphatic carbocycles. The van der Waals surface area contributed by atoms with Gasteiger partial charge in [-0.3, -0.25) is 9.78 Å². The van der Waals surface area contributed by atoms with Crippen molar-refractivity contribution in [1.29, 1.82) is 0 Å². The first-order valence-electron chi connectivity index (χ1n) is 12.8. The van der Waals surface area contributed by atoms with Crippen LogP contribution in [-0.2, 0) is 11.3 Å². The second-order valence-corrected chi connectivity index (χ2v) is 9.92. The number of rotatable bonds is 13. The maximum Gasteiger partial charge on any atom is 0.225 e. The van der Waals surface area contributed by atoms with E-state index in [0.29, 0.717) is 36.3 Å². The van der Waals surface area contributed by atoms with Crippen molar-refractivity contribution in [3.63, 3.8) is 0 Å². The molecular formula is C28H40N6O3. The summed E-state index contributed by atoms with van der Waals surface area (Å²) in [6.07, 6.45) is 4.81. The maximum absolute atomic E-state index is 11.7. The van der Waals surface area contributed by atoms with E-state index in [9.17, 15) is 4.79 Å². The molecule has 0 aliphatic rings. The average Bonchev–Trinajstić information content (AvgIpc) is 2.89. The highest BCUT2D eigenvalue weighted by Crippen LogP contribution is 2.29. The number of fused-ring (bicyclic) bond motifs is 1.